The highest BCUT2D eigenvalue weighted by Crippen LogP contribution is 2.29. The van der Waals surface area contributed by atoms with Crippen molar-refractivity contribution in [1.82, 2.24) is 9.99 Å². The second-order valence-electron chi connectivity index (χ2n) is 6.24. The standard InChI is InChI=1S/C16H15N3O2.C7H4.C5H5N/c1-11-5-7-13(8-6-11)15-18-19(12(2)20)16(21-15)14-4-3-9-17-10-14;1-3-5-7-6-4-2;1-3-5-6-4-2/h3-10,16H,1-2H3;1-2H2;5H,1-2H2. The Morgan fingerprint density at radius 1 is 1.09 bits per heavy atom. The molecule has 2 heterocycles. The third-order valence-corrected chi connectivity index (χ3v) is 3.78. The normalized spacial score (nSPS) is 12.2. The van der Waals surface area contributed by atoms with Gasteiger partial charge in [-0.15, -0.1) is 10.8 Å². The molecule has 6 heteroatoms. The molecular weight excluding hydrogens is 424 g/mol. The number of pyridine rings is 1. The second-order valence-corrected chi connectivity index (χ2v) is 6.24. The molecule has 1 atom stereocenters. The predicted molar refractivity (Wildman–Crippen MR) is 134 cm³/mol. The molecule has 0 saturated carbocycles. The van der Waals surface area contributed by atoms with Crippen molar-refractivity contribution in [2.75, 3.05) is 0 Å². The molecule has 0 saturated heterocycles. The summed E-state index contributed by atoms with van der Waals surface area (Å²) in [7, 11) is 0. The summed E-state index contributed by atoms with van der Waals surface area (Å²) in [5.41, 5.74) is 17.2. The Morgan fingerprint density at radius 2 is 1.76 bits per heavy atom. The van der Waals surface area contributed by atoms with Gasteiger partial charge in [0.2, 0.25) is 18.0 Å². The van der Waals surface area contributed by atoms with E-state index in [0.717, 1.165) is 16.7 Å². The molecule has 0 fully saturated rings. The number of rotatable bonds is 3. The molecule has 0 aliphatic carbocycles. The van der Waals surface area contributed by atoms with E-state index < -0.39 is 6.23 Å². The molecule has 1 aromatic carbocycles. The molecular formula is C28H24N4O2. The molecule has 0 N–H and O–H groups in total. The fourth-order valence-electron chi connectivity index (χ4n) is 2.33. The summed E-state index contributed by atoms with van der Waals surface area (Å²) in [6.07, 6.45) is 4.19. The molecule has 168 valence electrons. The summed E-state index contributed by atoms with van der Waals surface area (Å²) in [6.45, 7) is 16.4. The summed E-state index contributed by atoms with van der Waals surface area (Å²) < 4.78 is 5.86. The zero-order valence-corrected chi connectivity index (χ0v) is 19.2. The van der Waals surface area contributed by atoms with Crippen LogP contribution in [0.5, 0.6) is 0 Å². The average molecular weight is 449 g/mol. The Bertz CT molecular complexity index is 1240. The molecule has 6 nitrogen and oxygen atoms in total. The smallest absolute Gasteiger partial charge is 0.243 e. The van der Waals surface area contributed by atoms with E-state index in [0.29, 0.717) is 5.90 Å². The van der Waals surface area contributed by atoms with Crippen molar-refractivity contribution in [2.45, 2.75) is 20.1 Å². The predicted octanol–water partition coefficient (Wildman–Crippen LogP) is 5.35. The number of ether oxygens (including phenoxy) is 1. The maximum atomic E-state index is 11.8. The lowest BCUT2D eigenvalue weighted by Crippen LogP contribution is -2.25. The highest BCUT2D eigenvalue weighted by molar-refractivity contribution is 5.96. The fourth-order valence-corrected chi connectivity index (χ4v) is 2.33. The minimum atomic E-state index is -0.562. The number of aliphatic imine (C=N–C) groups is 1. The third-order valence-electron chi connectivity index (χ3n) is 3.78. The zero-order chi connectivity index (χ0) is 25.2. The number of benzene rings is 1. The minimum Gasteiger partial charge on any atom is -0.446 e. The molecule has 34 heavy (non-hydrogen) atoms. The lowest BCUT2D eigenvalue weighted by atomic mass is 10.1. The molecule has 2 aromatic rings. The van der Waals surface area contributed by atoms with E-state index in [-0.39, 0.29) is 5.91 Å². The Morgan fingerprint density at radius 3 is 2.24 bits per heavy atom. The molecule has 3 rings (SSSR count). The number of hydrogen-bond donors (Lipinski definition) is 0. The second kappa shape index (κ2) is 15.7. The van der Waals surface area contributed by atoms with E-state index >= 15 is 0 Å². The lowest BCUT2D eigenvalue weighted by Gasteiger charge is -2.18. The molecule has 0 spiro atoms. The average Bonchev–Trinajstić information content (AvgIpc) is 3.31. The highest BCUT2D eigenvalue weighted by Gasteiger charge is 2.33. The number of aryl methyl sites for hydroxylation is 1. The van der Waals surface area contributed by atoms with Crippen LogP contribution in [0.3, 0.4) is 0 Å². The van der Waals surface area contributed by atoms with E-state index in [1.54, 1.807) is 18.5 Å². The van der Waals surface area contributed by atoms with Gasteiger partial charge >= 0.3 is 0 Å². The summed E-state index contributed by atoms with van der Waals surface area (Å²) in [4.78, 5) is 19.3. The summed E-state index contributed by atoms with van der Waals surface area (Å²) >= 11 is 0. The van der Waals surface area contributed by atoms with Crippen molar-refractivity contribution in [2.24, 2.45) is 10.1 Å². The highest BCUT2D eigenvalue weighted by atomic mass is 16.5. The van der Waals surface area contributed by atoms with Crippen LogP contribution in [0.2, 0.25) is 0 Å². The number of nitrogens with zero attached hydrogens (tertiary/aromatic N) is 4. The van der Waals surface area contributed by atoms with Crippen LogP contribution < -0.4 is 0 Å². The molecule has 0 bridgehead atoms. The number of carbonyl (C=O) groups is 1. The monoisotopic (exact) mass is 448 g/mol. The molecule has 1 aromatic heterocycles. The van der Waals surface area contributed by atoms with Gasteiger partial charge in [0.05, 0.1) is 6.20 Å². The molecule has 0 radical (unpaired) electrons. The van der Waals surface area contributed by atoms with Crippen molar-refractivity contribution in [3.63, 3.8) is 0 Å². The summed E-state index contributed by atoms with van der Waals surface area (Å²) in [5, 5.41) is 5.64. The van der Waals surface area contributed by atoms with Crippen molar-refractivity contribution < 1.29 is 9.53 Å². The largest absolute Gasteiger partial charge is 0.446 e. The maximum Gasteiger partial charge on any atom is 0.243 e. The van der Waals surface area contributed by atoms with Gasteiger partial charge < -0.3 is 4.74 Å². The van der Waals surface area contributed by atoms with Crippen LogP contribution in [-0.4, -0.2) is 27.7 Å². The Hall–Kier alpha value is -5.08. The first-order valence-corrected chi connectivity index (χ1v) is 9.85. The van der Waals surface area contributed by atoms with Gasteiger partial charge in [-0.3, -0.25) is 9.78 Å². The van der Waals surface area contributed by atoms with Gasteiger partial charge in [-0.25, -0.2) is 4.99 Å². The Labute approximate surface area is 200 Å². The molecule has 1 unspecified atom stereocenters. The van der Waals surface area contributed by atoms with Gasteiger partial charge in [0, 0.05) is 30.4 Å². The van der Waals surface area contributed by atoms with Crippen LogP contribution in [-0.2, 0) is 9.53 Å². The van der Waals surface area contributed by atoms with E-state index in [9.17, 15) is 4.79 Å². The third kappa shape index (κ3) is 9.38. The number of aromatic nitrogens is 1. The van der Waals surface area contributed by atoms with Crippen molar-refractivity contribution >= 4 is 17.7 Å². The van der Waals surface area contributed by atoms with Crippen molar-refractivity contribution in [3.05, 3.63) is 132 Å². The van der Waals surface area contributed by atoms with E-state index in [1.165, 1.54) is 18.1 Å². The van der Waals surface area contributed by atoms with Crippen LogP contribution in [0.1, 0.15) is 29.8 Å². The number of hydrazone groups is 1. The van der Waals surface area contributed by atoms with Gasteiger partial charge in [0.1, 0.15) is 0 Å². The molecule has 1 aliphatic heterocycles. The van der Waals surface area contributed by atoms with Gasteiger partial charge in [-0.2, -0.15) is 5.01 Å². The van der Waals surface area contributed by atoms with Crippen LogP contribution >= 0.6 is 0 Å². The first-order valence-electron chi connectivity index (χ1n) is 9.85. The van der Waals surface area contributed by atoms with Crippen molar-refractivity contribution in [1.29, 1.82) is 0 Å². The number of carbonyl (C=O) groups excluding carboxylic acids is 1. The number of hydrogen-bond acceptors (Lipinski definition) is 5. The van der Waals surface area contributed by atoms with Crippen LogP contribution in [0.15, 0.2) is 126 Å². The quantitative estimate of drug-likeness (QED) is 0.470. The van der Waals surface area contributed by atoms with Gasteiger partial charge in [-0.1, -0.05) is 41.8 Å². The Kier molecular flexibility index (Phi) is 12.4. The lowest BCUT2D eigenvalue weighted by molar-refractivity contribution is -0.135. The van der Waals surface area contributed by atoms with Crippen LogP contribution in [0, 0.1) is 6.92 Å². The number of amides is 1. The van der Waals surface area contributed by atoms with E-state index in [1.807, 2.05) is 37.3 Å². The Balaban J connectivity index is 0.000000369. The zero-order valence-electron chi connectivity index (χ0n) is 19.2. The van der Waals surface area contributed by atoms with E-state index in [2.05, 4.69) is 81.7 Å². The summed E-state index contributed by atoms with van der Waals surface area (Å²) in [6, 6.07) is 11.5. The minimum absolute atomic E-state index is 0.175. The van der Waals surface area contributed by atoms with Crippen LogP contribution in [0.4, 0.5) is 0 Å². The van der Waals surface area contributed by atoms with Gasteiger partial charge in [-0.05, 0) is 67.9 Å². The molecule has 1 aliphatic rings. The summed E-state index contributed by atoms with van der Waals surface area (Å²) in [5.74, 6) is 2.55. The van der Waals surface area contributed by atoms with Gasteiger partial charge in [0.15, 0.2) is 0 Å². The van der Waals surface area contributed by atoms with Crippen molar-refractivity contribution in [3.8, 4) is 0 Å². The molecule has 1 amide bonds. The fraction of sp³-hybridized carbons (Fsp3) is 0.107. The topological polar surface area (TPSA) is 67.2 Å². The first kappa shape index (κ1) is 27.0. The maximum absolute atomic E-state index is 11.8. The SMILES string of the molecule is C=C=C=C=C=C=C.C=C=CN=C=C.CC(=O)N1N=C(c2ccc(C)cc2)OC1c1cccnc1. The first-order chi connectivity index (χ1) is 16.5. The van der Waals surface area contributed by atoms with Gasteiger partial charge in [0.25, 0.3) is 0 Å². The van der Waals surface area contributed by atoms with Crippen LogP contribution in [0.25, 0.3) is 0 Å². The van der Waals surface area contributed by atoms with E-state index in [4.69, 9.17) is 4.74 Å².